The Hall–Kier alpha value is -3.46. The maximum atomic E-state index is 12.4. The maximum Gasteiger partial charge on any atom is 0.266 e. The van der Waals surface area contributed by atoms with Gasteiger partial charge in [0, 0.05) is 38.1 Å². The summed E-state index contributed by atoms with van der Waals surface area (Å²) in [6.07, 6.45) is 5.00. The number of aromatic nitrogens is 3. The van der Waals surface area contributed by atoms with Gasteiger partial charge in [-0.2, -0.15) is 5.10 Å². The van der Waals surface area contributed by atoms with Gasteiger partial charge in [-0.3, -0.25) is 9.59 Å². The van der Waals surface area contributed by atoms with E-state index in [4.69, 9.17) is 13.9 Å². The van der Waals surface area contributed by atoms with E-state index in [0.717, 1.165) is 26.1 Å². The number of furan rings is 1. The Labute approximate surface area is 179 Å². The van der Waals surface area contributed by atoms with Crippen LogP contribution in [0.3, 0.4) is 0 Å². The topological polar surface area (TPSA) is 108 Å². The SMILES string of the molecule is O=C(NCCn1nc(-c2ccco2)ccc1=O)c1ccc(OCC2CCOCC2)nc1. The van der Waals surface area contributed by atoms with Crippen molar-refractivity contribution in [2.75, 3.05) is 26.4 Å². The standard InChI is InChI=1S/C22H24N4O5/c27-21-6-4-18(19-2-1-11-30-19)25-26(21)10-9-23-22(28)17-3-5-20(24-14-17)31-15-16-7-12-29-13-8-16/h1-6,11,14,16H,7-10,12-13,15H2,(H,23,28). The zero-order valence-electron chi connectivity index (χ0n) is 17.0. The van der Waals surface area contributed by atoms with Crippen molar-refractivity contribution in [3.05, 3.63) is 64.8 Å². The molecular weight excluding hydrogens is 400 g/mol. The van der Waals surface area contributed by atoms with Gasteiger partial charge in [-0.25, -0.2) is 9.67 Å². The first kappa shape index (κ1) is 20.8. The average molecular weight is 424 g/mol. The molecule has 9 nitrogen and oxygen atoms in total. The Morgan fingerprint density at radius 1 is 1.19 bits per heavy atom. The van der Waals surface area contributed by atoms with Crippen LogP contribution in [0, 0.1) is 5.92 Å². The molecule has 1 fully saturated rings. The van der Waals surface area contributed by atoms with Gasteiger partial charge in [-0.15, -0.1) is 0 Å². The van der Waals surface area contributed by atoms with Crippen molar-refractivity contribution < 1.29 is 18.7 Å². The van der Waals surface area contributed by atoms with Crippen molar-refractivity contribution in [2.45, 2.75) is 19.4 Å². The molecule has 0 aromatic carbocycles. The Bertz CT molecular complexity index is 1040. The predicted molar refractivity (Wildman–Crippen MR) is 112 cm³/mol. The molecule has 3 aromatic rings. The fourth-order valence-corrected chi connectivity index (χ4v) is 3.26. The van der Waals surface area contributed by atoms with Crippen molar-refractivity contribution in [1.82, 2.24) is 20.1 Å². The highest BCUT2D eigenvalue weighted by molar-refractivity contribution is 5.93. The van der Waals surface area contributed by atoms with Crippen LogP contribution < -0.4 is 15.6 Å². The van der Waals surface area contributed by atoms with Crippen LogP contribution in [0.2, 0.25) is 0 Å². The smallest absolute Gasteiger partial charge is 0.266 e. The van der Waals surface area contributed by atoms with Gasteiger partial charge in [-0.05, 0) is 43.0 Å². The first-order valence-corrected chi connectivity index (χ1v) is 10.3. The molecule has 0 aliphatic carbocycles. The molecule has 4 heterocycles. The molecule has 1 saturated heterocycles. The molecule has 1 aliphatic rings. The van der Waals surface area contributed by atoms with Gasteiger partial charge in [-0.1, -0.05) is 0 Å². The zero-order valence-corrected chi connectivity index (χ0v) is 17.0. The molecule has 4 rings (SSSR count). The lowest BCUT2D eigenvalue weighted by molar-refractivity contribution is 0.0490. The second-order valence-electron chi connectivity index (χ2n) is 7.27. The van der Waals surface area contributed by atoms with Crippen molar-refractivity contribution in [1.29, 1.82) is 0 Å². The summed E-state index contributed by atoms with van der Waals surface area (Å²) >= 11 is 0. The Morgan fingerprint density at radius 3 is 2.81 bits per heavy atom. The van der Waals surface area contributed by atoms with Crippen molar-refractivity contribution in [2.24, 2.45) is 5.92 Å². The number of pyridine rings is 1. The number of carbonyl (C=O) groups excluding carboxylic acids is 1. The summed E-state index contributed by atoms with van der Waals surface area (Å²) in [6, 6.07) is 9.91. The third-order valence-corrected chi connectivity index (χ3v) is 5.06. The van der Waals surface area contributed by atoms with Crippen molar-refractivity contribution in [3.63, 3.8) is 0 Å². The van der Waals surface area contributed by atoms with Crippen LogP contribution in [-0.2, 0) is 11.3 Å². The van der Waals surface area contributed by atoms with E-state index in [1.165, 1.54) is 16.9 Å². The predicted octanol–water partition coefficient (Wildman–Crippen LogP) is 2.13. The van der Waals surface area contributed by atoms with Gasteiger partial charge in [0.25, 0.3) is 11.5 Å². The van der Waals surface area contributed by atoms with Crippen LogP contribution in [0.5, 0.6) is 5.88 Å². The van der Waals surface area contributed by atoms with E-state index in [1.807, 2.05) is 0 Å². The molecule has 31 heavy (non-hydrogen) atoms. The van der Waals surface area contributed by atoms with Gasteiger partial charge >= 0.3 is 0 Å². The van der Waals surface area contributed by atoms with Gasteiger partial charge in [0.1, 0.15) is 5.69 Å². The highest BCUT2D eigenvalue weighted by Crippen LogP contribution is 2.17. The number of hydrogen-bond acceptors (Lipinski definition) is 7. The van der Waals surface area contributed by atoms with Crippen LogP contribution in [-0.4, -0.2) is 47.0 Å². The van der Waals surface area contributed by atoms with E-state index in [9.17, 15) is 9.59 Å². The molecule has 3 aromatic heterocycles. The number of nitrogens with zero attached hydrogens (tertiary/aromatic N) is 3. The number of carbonyl (C=O) groups is 1. The molecule has 1 amide bonds. The molecule has 0 unspecified atom stereocenters. The molecular formula is C22H24N4O5. The van der Waals surface area contributed by atoms with E-state index in [1.54, 1.807) is 36.6 Å². The first-order valence-electron chi connectivity index (χ1n) is 10.3. The molecule has 0 spiro atoms. The van der Waals surface area contributed by atoms with E-state index < -0.39 is 0 Å². The monoisotopic (exact) mass is 424 g/mol. The third kappa shape index (κ3) is 5.58. The van der Waals surface area contributed by atoms with E-state index >= 15 is 0 Å². The normalized spacial score (nSPS) is 14.3. The molecule has 1 N–H and O–H groups in total. The quantitative estimate of drug-likeness (QED) is 0.590. The number of rotatable bonds is 8. The van der Waals surface area contributed by atoms with Crippen LogP contribution in [0.1, 0.15) is 23.2 Å². The summed E-state index contributed by atoms with van der Waals surface area (Å²) in [5.74, 6) is 1.26. The molecule has 1 aliphatic heterocycles. The Morgan fingerprint density at radius 2 is 2.06 bits per heavy atom. The van der Waals surface area contributed by atoms with Crippen LogP contribution >= 0.6 is 0 Å². The van der Waals surface area contributed by atoms with Gasteiger partial charge in [0.05, 0.1) is 25.0 Å². The van der Waals surface area contributed by atoms with Crippen LogP contribution in [0.25, 0.3) is 11.5 Å². The van der Waals surface area contributed by atoms with Crippen LogP contribution in [0.4, 0.5) is 0 Å². The second kappa shape index (κ2) is 10.0. The van der Waals surface area contributed by atoms with Crippen LogP contribution in [0.15, 0.2) is 58.1 Å². The van der Waals surface area contributed by atoms with E-state index in [2.05, 4.69) is 15.4 Å². The number of nitrogens with one attached hydrogen (secondary N) is 1. The fraction of sp³-hybridized carbons (Fsp3) is 0.364. The Balaban J connectivity index is 1.27. The number of hydrogen-bond donors (Lipinski definition) is 1. The lowest BCUT2D eigenvalue weighted by atomic mass is 10.0. The highest BCUT2D eigenvalue weighted by atomic mass is 16.5. The maximum absolute atomic E-state index is 12.4. The van der Waals surface area contributed by atoms with Gasteiger partial charge in [0.2, 0.25) is 5.88 Å². The molecule has 0 saturated carbocycles. The second-order valence-corrected chi connectivity index (χ2v) is 7.27. The largest absolute Gasteiger partial charge is 0.477 e. The molecule has 0 atom stereocenters. The summed E-state index contributed by atoms with van der Waals surface area (Å²) in [4.78, 5) is 28.6. The van der Waals surface area contributed by atoms with Crippen molar-refractivity contribution >= 4 is 5.91 Å². The molecule has 9 heteroatoms. The molecule has 0 bridgehead atoms. The molecule has 162 valence electrons. The minimum absolute atomic E-state index is 0.235. The minimum atomic E-state index is -0.279. The van der Waals surface area contributed by atoms with E-state index in [0.29, 0.717) is 35.4 Å². The lowest BCUT2D eigenvalue weighted by Crippen LogP contribution is -2.32. The van der Waals surface area contributed by atoms with Gasteiger partial charge in [0.15, 0.2) is 5.76 Å². The molecule has 0 radical (unpaired) electrons. The third-order valence-electron chi connectivity index (χ3n) is 5.06. The van der Waals surface area contributed by atoms with Gasteiger partial charge < -0.3 is 19.2 Å². The number of amides is 1. The van der Waals surface area contributed by atoms with E-state index in [-0.39, 0.29) is 24.6 Å². The fourth-order valence-electron chi connectivity index (χ4n) is 3.26. The summed E-state index contributed by atoms with van der Waals surface area (Å²) in [6.45, 7) is 2.62. The highest BCUT2D eigenvalue weighted by Gasteiger charge is 2.15. The Kier molecular flexibility index (Phi) is 6.73. The minimum Gasteiger partial charge on any atom is -0.477 e. The first-order chi connectivity index (χ1) is 15.2. The summed E-state index contributed by atoms with van der Waals surface area (Å²) in [5, 5.41) is 7.05. The van der Waals surface area contributed by atoms with Crippen molar-refractivity contribution in [3.8, 4) is 17.3 Å². The lowest BCUT2D eigenvalue weighted by Gasteiger charge is -2.21. The number of ether oxygens (including phenoxy) is 2. The summed E-state index contributed by atoms with van der Waals surface area (Å²) in [5.41, 5.74) is 0.719. The average Bonchev–Trinajstić information content (AvgIpc) is 3.35. The summed E-state index contributed by atoms with van der Waals surface area (Å²) < 4.78 is 17.7. The summed E-state index contributed by atoms with van der Waals surface area (Å²) in [7, 11) is 0. The zero-order chi connectivity index (χ0) is 21.5.